The van der Waals surface area contributed by atoms with Crippen molar-refractivity contribution in [2.75, 3.05) is 57.3 Å². The second-order valence-electron chi connectivity index (χ2n) is 6.16. The summed E-state index contributed by atoms with van der Waals surface area (Å²) in [4.78, 5) is 16.0. The minimum absolute atomic E-state index is 0.0242. The third-order valence-corrected chi connectivity index (χ3v) is 4.46. The molecular weight excluding hydrogens is 311 g/mol. The average molecular weight is 336 g/mol. The third kappa shape index (κ3) is 4.36. The fourth-order valence-electron chi connectivity index (χ4n) is 3.07. The average Bonchev–Trinajstić information content (AvgIpc) is 2.89. The van der Waals surface area contributed by atoms with Gasteiger partial charge in [-0.1, -0.05) is 12.1 Å². The fourth-order valence-corrected chi connectivity index (χ4v) is 3.07. The van der Waals surface area contributed by atoms with E-state index in [2.05, 4.69) is 10.6 Å². The molecule has 3 rings (SSSR count). The van der Waals surface area contributed by atoms with Crippen LogP contribution in [0.2, 0.25) is 0 Å². The van der Waals surface area contributed by atoms with Gasteiger partial charge in [-0.15, -0.1) is 0 Å². The maximum Gasteiger partial charge on any atom is 0.317 e. The highest BCUT2D eigenvalue weighted by molar-refractivity contribution is 5.74. The molecule has 2 amide bonds. The number of amides is 2. The number of hydrogen-bond donors (Lipinski definition) is 2. The van der Waals surface area contributed by atoms with Crippen molar-refractivity contribution in [3.05, 3.63) is 30.1 Å². The van der Waals surface area contributed by atoms with Crippen LogP contribution >= 0.6 is 0 Å². The Labute approximate surface area is 141 Å². The van der Waals surface area contributed by atoms with Gasteiger partial charge in [-0.25, -0.2) is 9.18 Å². The van der Waals surface area contributed by atoms with Gasteiger partial charge in [-0.05, 0) is 25.1 Å². The molecule has 6 nitrogen and oxygen atoms in total. The highest BCUT2D eigenvalue weighted by atomic mass is 19.1. The Morgan fingerprint density at radius 2 is 2.08 bits per heavy atom. The monoisotopic (exact) mass is 336 g/mol. The zero-order chi connectivity index (χ0) is 16.8. The second-order valence-corrected chi connectivity index (χ2v) is 6.16. The summed E-state index contributed by atoms with van der Waals surface area (Å²) in [6.45, 7) is 5.41. The first-order valence-corrected chi connectivity index (χ1v) is 8.58. The summed E-state index contributed by atoms with van der Waals surface area (Å²) in [5.74, 6) is -0.214. The quantitative estimate of drug-likeness (QED) is 0.866. The predicted octanol–water partition coefficient (Wildman–Crippen LogP) is 1.04. The van der Waals surface area contributed by atoms with Crippen molar-refractivity contribution in [2.45, 2.75) is 12.5 Å². The van der Waals surface area contributed by atoms with Gasteiger partial charge >= 0.3 is 6.03 Å². The van der Waals surface area contributed by atoms with E-state index in [1.165, 1.54) is 6.07 Å². The summed E-state index contributed by atoms with van der Waals surface area (Å²) >= 11 is 0. The SMILES string of the molecule is O=C(NCC1CNCCCO1)N1CCN(c2ccccc2F)CC1. The molecular formula is C17H25FN4O2. The molecule has 2 aliphatic rings. The van der Waals surface area contributed by atoms with Gasteiger partial charge in [0.2, 0.25) is 0 Å². The molecule has 0 radical (unpaired) electrons. The van der Waals surface area contributed by atoms with Crippen LogP contribution in [0.1, 0.15) is 6.42 Å². The number of benzene rings is 1. The van der Waals surface area contributed by atoms with E-state index in [-0.39, 0.29) is 18.0 Å². The molecule has 0 aromatic heterocycles. The van der Waals surface area contributed by atoms with E-state index in [1.807, 2.05) is 11.0 Å². The summed E-state index contributed by atoms with van der Waals surface area (Å²) in [6, 6.07) is 6.69. The number of anilines is 1. The molecule has 2 saturated heterocycles. The van der Waals surface area contributed by atoms with Gasteiger partial charge in [0.15, 0.2) is 0 Å². The molecule has 0 spiro atoms. The standard InChI is InChI=1S/C17H25FN4O2/c18-15-4-1-2-5-16(15)21-7-9-22(10-8-21)17(23)20-13-14-12-19-6-3-11-24-14/h1-2,4-5,14,19H,3,6-13H2,(H,20,23). The van der Waals surface area contributed by atoms with Crippen LogP contribution in [0.5, 0.6) is 0 Å². The van der Waals surface area contributed by atoms with E-state index in [0.717, 1.165) is 26.1 Å². The van der Waals surface area contributed by atoms with Crippen LogP contribution in [-0.2, 0) is 4.74 Å². The molecule has 7 heteroatoms. The molecule has 2 N–H and O–H groups in total. The molecule has 1 unspecified atom stereocenters. The van der Waals surface area contributed by atoms with Crippen LogP contribution in [0, 0.1) is 5.82 Å². The first-order valence-electron chi connectivity index (χ1n) is 8.58. The smallest absolute Gasteiger partial charge is 0.317 e. The van der Waals surface area contributed by atoms with Gasteiger partial charge < -0.3 is 25.2 Å². The molecule has 2 fully saturated rings. The number of para-hydroxylation sites is 1. The van der Waals surface area contributed by atoms with Crippen LogP contribution in [0.3, 0.4) is 0 Å². The summed E-state index contributed by atoms with van der Waals surface area (Å²) in [5, 5.41) is 6.24. The zero-order valence-corrected chi connectivity index (χ0v) is 13.8. The topological polar surface area (TPSA) is 56.8 Å². The molecule has 0 aliphatic carbocycles. The van der Waals surface area contributed by atoms with Gasteiger partial charge in [0, 0.05) is 45.9 Å². The molecule has 1 aromatic rings. The van der Waals surface area contributed by atoms with Crippen molar-refractivity contribution in [1.29, 1.82) is 0 Å². The van der Waals surface area contributed by atoms with Crippen molar-refractivity contribution < 1.29 is 13.9 Å². The van der Waals surface area contributed by atoms with E-state index >= 15 is 0 Å². The number of rotatable bonds is 3. The largest absolute Gasteiger partial charge is 0.375 e. The second kappa shape index (κ2) is 8.30. The molecule has 2 heterocycles. The summed E-state index contributed by atoms with van der Waals surface area (Å²) < 4.78 is 19.5. The highest BCUT2D eigenvalue weighted by Gasteiger charge is 2.23. The Morgan fingerprint density at radius 1 is 1.29 bits per heavy atom. The molecule has 0 bridgehead atoms. The Hall–Kier alpha value is -1.86. The lowest BCUT2D eigenvalue weighted by atomic mass is 10.2. The number of halogens is 1. The van der Waals surface area contributed by atoms with E-state index in [4.69, 9.17) is 4.74 Å². The third-order valence-electron chi connectivity index (χ3n) is 4.46. The Kier molecular flexibility index (Phi) is 5.87. The lowest BCUT2D eigenvalue weighted by Crippen LogP contribution is -2.53. The highest BCUT2D eigenvalue weighted by Crippen LogP contribution is 2.20. The lowest BCUT2D eigenvalue weighted by molar-refractivity contribution is 0.0671. The van der Waals surface area contributed by atoms with Crippen molar-refractivity contribution >= 4 is 11.7 Å². The van der Waals surface area contributed by atoms with Gasteiger partial charge in [0.25, 0.3) is 0 Å². The Bertz CT molecular complexity index is 541. The fraction of sp³-hybridized carbons (Fsp3) is 0.588. The number of nitrogens with zero attached hydrogens (tertiary/aromatic N) is 2. The van der Waals surface area contributed by atoms with Crippen molar-refractivity contribution in [3.8, 4) is 0 Å². The van der Waals surface area contributed by atoms with E-state index < -0.39 is 0 Å². The summed E-state index contributed by atoms with van der Waals surface area (Å²) in [5.41, 5.74) is 0.607. The number of carbonyl (C=O) groups excluding carboxylic acids is 1. The van der Waals surface area contributed by atoms with E-state index in [0.29, 0.717) is 38.4 Å². The number of urea groups is 1. The number of hydrogen-bond acceptors (Lipinski definition) is 4. The van der Waals surface area contributed by atoms with Crippen LogP contribution in [-0.4, -0.2) is 69.5 Å². The van der Waals surface area contributed by atoms with Gasteiger partial charge in [-0.2, -0.15) is 0 Å². The minimum atomic E-state index is -0.214. The normalized spacial score (nSPS) is 22.1. The van der Waals surface area contributed by atoms with E-state index in [9.17, 15) is 9.18 Å². The molecule has 1 atom stereocenters. The van der Waals surface area contributed by atoms with Crippen LogP contribution in [0.15, 0.2) is 24.3 Å². The van der Waals surface area contributed by atoms with Crippen molar-refractivity contribution in [3.63, 3.8) is 0 Å². The number of piperazine rings is 1. The molecule has 1 aromatic carbocycles. The summed E-state index contributed by atoms with van der Waals surface area (Å²) in [7, 11) is 0. The maximum atomic E-state index is 13.8. The van der Waals surface area contributed by atoms with Gasteiger partial charge in [-0.3, -0.25) is 0 Å². The molecule has 24 heavy (non-hydrogen) atoms. The number of nitrogens with one attached hydrogen (secondary N) is 2. The summed E-state index contributed by atoms with van der Waals surface area (Å²) in [6.07, 6.45) is 1.03. The first kappa shape index (κ1) is 17.0. The zero-order valence-electron chi connectivity index (χ0n) is 13.8. The van der Waals surface area contributed by atoms with Crippen molar-refractivity contribution in [1.82, 2.24) is 15.5 Å². The van der Waals surface area contributed by atoms with Crippen LogP contribution in [0.25, 0.3) is 0 Å². The van der Waals surface area contributed by atoms with Crippen LogP contribution < -0.4 is 15.5 Å². The Balaban J connectivity index is 1.44. The predicted molar refractivity (Wildman–Crippen MR) is 90.8 cm³/mol. The maximum absolute atomic E-state index is 13.8. The molecule has 132 valence electrons. The lowest BCUT2D eigenvalue weighted by Gasteiger charge is -2.36. The number of ether oxygens (including phenoxy) is 1. The van der Waals surface area contributed by atoms with Crippen LogP contribution in [0.4, 0.5) is 14.9 Å². The van der Waals surface area contributed by atoms with Crippen molar-refractivity contribution in [2.24, 2.45) is 0 Å². The Morgan fingerprint density at radius 3 is 2.88 bits per heavy atom. The minimum Gasteiger partial charge on any atom is -0.375 e. The van der Waals surface area contributed by atoms with Gasteiger partial charge in [0.1, 0.15) is 5.82 Å². The molecule has 0 saturated carbocycles. The molecule has 2 aliphatic heterocycles. The van der Waals surface area contributed by atoms with E-state index in [1.54, 1.807) is 17.0 Å². The first-order chi connectivity index (χ1) is 11.7. The number of carbonyl (C=O) groups is 1. The van der Waals surface area contributed by atoms with Gasteiger partial charge in [0.05, 0.1) is 11.8 Å².